The maximum atomic E-state index is 11.8. The first-order valence-electron chi connectivity index (χ1n) is 15.5. The number of nitrogens with one attached hydrogen (secondary N) is 1. The quantitative estimate of drug-likeness (QED) is 0.440. The lowest BCUT2D eigenvalue weighted by Gasteiger charge is -2.72. The van der Waals surface area contributed by atoms with Gasteiger partial charge in [-0.25, -0.2) is 0 Å². The van der Waals surface area contributed by atoms with E-state index in [0.29, 0.717) is 27.2 Å². The summed E-state index contributed by atoms with van der Waals surface area (Å²) < 4.78 is 11.8. The fourth-order valence-electron chi connectivity index (χ4n) is 11.8. The van der Waals surface area contributed by atoms with Crippen LogP contribution in [0, 0.1) is 45.3 Å². The molecule has 4 saturated carbocycles. The monoisotopic (exact) mass is 514 g/mol. The van der Waals surface area contributed by atoms with Crippen LogP contribution in [0.2, 0.25) is 0 Å². The number of allylic oxidation sites excluding steroid dienone is 2. The van der Waals surface area contributed by atoms with E-state index in [1.165, 1.54) is 64.2 Å². The summed E-state index contributed by atoms with van der Waals surface area (Å²) in [6.45, 7) is 17.6. The molecule has 8 atom stereocenters. The van der Waals surface area contributed by atoms with Gasteiger partial charge in [-0.15, -0.1) is 0 Å². The van der Waals surface area contributed by atoms with Gasteiger partial charge in [-0.2, -0.15) is 0 Å². The van der Waals surface area contributed by atoms with Crippen LogP contribution >= 0.6 is 0 Å². The highest BCUT2D eigenvalue weighted by Crippen LogP contribution is 2.75. The van der Waals surface area contributed by atoms with E-state index in [1.807, 2.05) is 0 Å². The molecule has 1 aliphatic heterocycles. The zero-order valence-corrected chi connectivity index (χ0v) is 24.9. The highest BCUT2D eigenvalue weighted by molar-refractivity contribution is 7.85. The van der Waals surface area contributed by atoms with E-state index in [0.717, 1.165) is 61.4 Å². The van der Waals surface area contributed by atoms with Crippen molar-refractivity contribution < 1.29 is 4.21 Å². The third-order valence-electron chi connectivity index (χ3n) is 13.8. The van der Waals surface area contributed by atoms with Crippen molar-refractivity contribution in [3.63, 3.8) is 0 Å². The van der Waals surface area contributed by atoms with Crippen molar-refractivity contribution in [2.75, 3.05) is 37.7 Å². The molecule has 5 fully saturated rings. The number of nitrogens with zero attached hydrogens (tertiary/aromatic N) is 1. The van der Waals surface area contributed by atoms with E-state index in [2.05, 4.69) is 57.0 Å². The summed E-state index contributed by atoms with van der Waals surface area (Å²) in [5.41, 5.74) is 2.20. The predicted molar refractivity (Wildman–Crippen MR) is 152 cm³/mol. The van der Waals surface area contributed by atoms with Gasteiger partial charge < -0.3 is 10.2 Å². The lowest BCUT2D eigenvalue weighted by molar-refractivity contribution is -0.217. The van der Waals surface area contributed by atoms with Gasteiger partial charge in [0.25, 0.3) is 0 Å². The molecule has 6 unspecified atom stereocenters. The highest BCUT2D eigenvalue weighted by atomic mass is 32.2. The Hall–Kier alpha value is -0.190. The Balaban J connectivity index is 1.21. The van der Waals surface area contributed by atoms with Gasteiger partial charge in [0, 0.05) is 54.0 Å². The minimum Gasteiger partial charge on any atom is -0.310 e. The molecule has 36 heavy (non-hydrogen) atoms. The Kier molecular flexibility index (Phi) is 6.45. The van der Waals surface area contributed by atoms with Gasteiger partial charge in [0.1, 0.15) is 0 Å². The van der Waals surface area contributed by atoms with E-state index in [4.69, 9.17) is 0 Å². The summed E-state index contributed by atoms with van der Waals surface area (Å²) in [4.78, 5) is 2.55. The second kappa shape index (κ2) is 8.91. The largest absolute Gasteiger partial charge is 0.310 e. The topological polar surface area (TPSA) is 32.3 Å². The molecule has 0 aromatic carbocycles. The average molecular weight is 515 g/mol. The van der Waals surface area contributed by atoms with E-state index in [9.17, 15) is 4.21 Å². The molecule has 0 radical (unpaired) electrons. The van der Waals surface area contributed by atoms with Gasteiger partial charge in [-0.05, 0) is 103 Å². The maximum Gasteiger partial charge on any atom is 0.0363 e. The molecule has 0 amide bonds. The van der Waals surface area contributed by atoms with Gasteiger partial charge in [0.05, 0.1) is 0 Å². The molecule has 6 rings (SSSR count). The second-order valence-electron chi connectivity index (χ2n) is 15.4. The highest BCUT2D eigenvalue weighted by Gasteiger charge is 2.68. The van der Waals surface area contributed by atoms with E-state index in [1.54, 1.807) is 0 Å². The van der Waals surface area contributed by atoms with Gasteiger partial charge in [-0.1, -0.05) is 53.2 Å². The van der Waals surface area contributed by atoms with Crippen LogP contribution in [0.25, 0.3) is 0 Å². The molecule has 0 aromatic rings. The van der Waals surface area contributed by atoms with Crippen LogP contribution in [0.4, 0.5) is 0 Å². The average Bonchev–Trinajstić information content (AvgIpc) is 3.24. The predicted octanol–water partition coefficient (Wildman–Crippen LogP) is 6.41. The molecule has 204 valence electrons. The van der Waals surface area contributed by atoms with E-state index in [-0.39, 0.29) is 0 Å². The van der Waals surface area contributed by atoms with Crippen molar-refractivity contribution in [1.29, 1.82) is 0 Å². The van der Waals surface area contributed by atoms with Crippen LogP contribution in [0.3, 0.4) is 0 Å². The summed E-state index contributed by atoms with van der Waals surface area (Å²) in [5.74, 6) is 5.24. The first-order valence-corrected chi connectivity index (χ1v) is 17.0. The van der Waals surface area contributed by atoms with Crippen molar-refractivity contribution in [3.05, 3.63) is 12.2 Å². The molecule has 3 nitrogen and oxygen atoms in total. The summed E-state index contributed by atoms with van der Waals surface area (Å²) >= 11 is 0. The number of hydrogen-bond acceptors (Lipinski definition) is 3. The number of fused-ring (bicyclic) bond motifs is 7. The molecule has 1 saturated heterocycles. The molecule has 1 N–H and O–H groups in total. The third-order valence-corrected chi connectivity index (χ3v) is 15.1. The lowest BCUT2D eigenvalue weighted by atomic mass is 9.33. The zero-order valence-electron chi connectivity index (χ0n) is 24.0. The molecular weight excluding hydrogens is 460 g/mol. The first kappa shape index (κ1) is 26.1. The van der Waals surface area contributed by atoms with Gasteiger partial charge in [0.15, 0.2) is 0 Å². The smallest absolute Gasteiger partial charge is 0.0363 e. The van der Waals surface area contributed by atoms with Crippen LogP contribution in [-0.4, -0.2) is 52.3 Å². The van der Waals surface area contributed by atoms with Gasteiger partial charge in [0.2, 0.25) is 0 Å². The molecule has 6 aliphatic rings. The van der Waals surface area contributed by atoms with Crippen LogP contribution in [-0.2, 0) is 10.8 Å². The van der Waals surface area contributed by atoms with Crippen LogP contribution in [0.5, 0.6) is 0 Å². The molecule has 5 aliphatic carbocycles. The van der Waals surface area contributed by atoms with Gasteiger partial charge in [-0.3, -0.25) is 4.21 Å². The summed E-state index contributed by atoms with van der Waals surface area (Å²) in [5, 5.41) is 4.23. The van der Waals surface area contributed by atoms with Crippen LogP contribution < -0.4 is 5.32 Å². The van der Waals surface area contributed by atoms with Crippen molar-refractivity contribution in [3.8, 4) is 0 Å². The van der Waals surface area contributed by atoms with Gasteiger partial charge >= 0.3 is 0 Å². The van der Waals surface area contributed by atoms with E-state index >= 15 is 0 Å². The summed E-state index contributed by atoms with van der Waals surface area (Å²) in [7, 11) is -0.569. The molecule has 1 heterocycles. The lowest BCUT2D eigenvalue weighted by Crippen LogP contribution is -2.67. The number of hydrogen-bond donors (Lipinski definition) is 1. The summed E-state index contributed by atoms with van der Waals surface area (Å²) in [6.07, 6.45) is 19.3. The molecule has 0 aromatic heterocycles. The van der Waals surface area contributed by atoms with Crippen molar-refractivity contribution >= 4 is 10.8 Å². The standard InChI is InChI=1S/C32H54N2OS/c1-28(2)12-7-13-29(3)26(28)11-15-31(5)27(29)10-9-24-25-8-6-14-32(25,17-16-30(24,31)4)33-18-19-34-20-22-36(35)23-21-34/h7,12,24-27,33H,6,8-11,13-23H2,1-5H3/t24?,25-,26?,27?,29?,30-,31?,32?/m1/s1. The van der Waals surface area contributed by atoms with E-state index < -0.39 is 10.8 Å². The Labute approximate surface area is 224 Å². The molecule has 0 bridgehead atoms. The Morgan fingerprint density at radius 2 is 1.64 bits per heavy atom. The molecule has 4 heteroatoms. The van der Waals surface area contributed by atoms with Crippen molar-refractivity contribution in [2.45, 2.75) is 104 Å². The fourth-order valence-corrected chi connectivity index (χ4v) is 13.0. The van der Waals surface area contributed by atoms with Crippen LogP contribution in [0.15, 0.2) is 12.2 Å². The Morgan fingerprint density at radius 3 is 2.42 bits per heavy atom. The zero-order chi connectivity index (χ0) is 25.4. The minimum atomic E-state index is -0.569. The Bertz CT molecular complexity index is 906. The third kappa shape index (κ3) is 3.73. The first-order chi connectivity index (χ1) is 17.0. The fraction of sp³-hybridized carbons (Fsp3) is 0.938. The maximum absolute atomic E-state index is 11.8. The summed E-state index contributed by atoms with van der Waals surface area (Å²) in [6, 6.07) is 0. The van der Waals surface area contributed by atoms with Crippen molar-refractivity contribution in [2.24, 2.45) is 45.3 Å². The Morgan fingerprint density at radius 1 is 0.861 bits per heavy atom. The number of rotatable bonds is 4. The molecule has 0 spiro atoms. The molecular formula is C32H54N2OS. The van der Waals surface area contributed by atoms with Crippen LogP contribution in [0.1, 0.15) is 98.8 Å². The SMILES string of the molecule is CC1(C)C=CCC2(C)C1CCC1(C)C2CCC2[C@H]3CCCC3(NCCN3CCS(=O)CC3)CC[C@]21C. The minimum absolute atomic E-state index is 0.354. The van der Waals surface area contributed by atoms with Crippen molar-refractivity contribution in [1.82, 2.24) is 10.2 Å². The normalized spacial score (nSPS) is 50.7. The second-order valence-corrected chi connectivity index (χ2v) is 17.1.